The summed E-state index contributed by atoms with van der Waals surface area (Å²) in [6.45, 7) is 1.90. The molecule has 3 aromatic carbocycles. The fourth-order valence-corrected chi connectivity index (χ4v) is 4.05. The zero-order valence-electron chi connectivity index (χ0n) is 14.4. The third-order valence-corrected chi connectivity index (χ3v) is 5.03. The molecule has 1 N–H and O–H groups in total. The summed E-state index contributed by atoms with van der Waals surface area (Å²) >= 11 is 7.18. The Morgan fingerprint density at radius 3 is 2.00 bits per heavy atom. The summed E-state index contributed by atoms with van der Waals surface area (Å²) in [6.07, 6.45) is 0. The minimum absolute atomic E-state index is 0. The van der Waals surface area contributed by atoms with Crippen LogP contribution in [0.3, 0.4) is 0 Å². The van der Waals surface area contributed by atoms with Gasteiger partial charge in [0.25, 0.3) is 0 Å². The molecule has 3 rings (SSSR count). The van der Waals surface area contributed by atoms with Gasteiger partial charge in [-0.05, 0) is 72.8 Å². The molecule has 0 saturated heterocycles. The SMILES string of the molecule is Cl.Fc1ccc(CNCc2cc(Br)c(OCc3ccccc3)c(Br)c2)cc1. The highest BCUT2D eigenvalue weighted by Crippen LogP contribution is 2.35. The van der Waals surface area contributed by atoms with Crippen molar-refractivity contribution in [1.82, 2.24) is 5.32 Å². The molecule has 27 heavy (non-hydrogen) atoms. The predicted octanol–water partition coefficient (Wildman–Crippen LogP) is 6.64. The average molecular weight is 516 g/mol. The van der Waals surface area contributed by atoms with Crippen LogP contribution in [-0.2, 0) is 19.7 Å². The van der Waals surface area contributed by atoms with E-state index in [1.165, 1.54) is 12.1 Å². The fourth-order valence-electron chi connectivity index (χ4n) is 2.54. The molecule has 0 unspecified atom stereocenters. The van der Waals surface area contributed by atoms with Crippen LogP contribution < -0.4 is 10.1 Å². The van der Waals surface area contributed by atoms with Gasteiger partial charge in [-0.3, -0.25) is 0 Å². The van der Waals surface area contributed by atoms with E-state index < -0.39 is 0 Å². The van der Waals surface area contributed by atoms with Crippen LogP contribution in [0.5, 0.6) is 5.75 Å². The van der Waals surface area contributed by atoms with E-state index in [1.54, 1.807) is 12.1 Å². The van der Waals surface area contributed by atoms with E-state index >= 15 is 0 Å². The molecule has 6 heteroatoms. The smallest absolute Gasteiger partial charge is 0.148 e. The number of rotatable bonds is 7. The third kappa shape index (κ3) is 6.61. The van der Waals surface area contributed by atoms with Crippen molar-refractivity contribution in [3.63, 3.8) is 0 Å². The Kier molecular flexibility index (Phi) is 8.77. The molecule has 3 aromatic rings. The molecule has 0 heterocycles. The van der Waals surface area contributed by atoms with Crippen LogP contribution in [0, 0.1) is 5.82 Å². The first-order valence-electron chi connectivity index (χ1n) is 8.21. The molecule has 0 aliphatic heterocycles. The van der Waals surface area contributed by atoms with Crippen molar-refractivity contribution >= 4 is 44.3 Å². The van der Waals surface area contributed by atoms with Crippen LogP contribution >= 0.6 is 44.3 Å². The minimum Gasteiger partial charge on any atom is -0.487 e. The van der Waals surface area contributed by atoms with Gasteiger partial charge in [0.05, 0.1) is 8.95 Å². The second kappa shape index (κ2) is 10.8. The first kappa shape index (κ1) is 21.9. The Bertz CT molecular complexity index is 837. The molecule has 2 nitrogen and oxygen atoms in total. The Morgan fingerprint density at radius 2 is 1.37 bits per heavy atom. The summed E-state index contributed by atoms with van der Waals surface area (Å²) in [5, 5.41) is 3.36. The van der Waals surface area contributed by atoms with Gasteiger partial charge in [0.2, 0.25) is 0 Å². The fraction of sp³-hybridized carbons (Fsp3) is 0.143. The highest BCUT2D eigenvalue weighted by Gasteiger charge is 2.09. The summed E-state index contributed by atoms with van der Waals surface area (Å²) in [4.78, 5) is 0. The van der Waals surface area contributed by atoms with E-state index in [4.69, 9.17) is 4.74 Å². The van der Waals surface area contributed by atoms with E-state index in [-0.39, 0.29) is 18.2 Å². The molecule has 142 valence electrons. The summed E-state index contributed by atoms with van der Waals surface area (Å²) in [5.74, 6) is 0.573. The molecule has 0 radical (unpaired) electrons. The van der Waals surface area contributed by atoms with Crippen molar-refractivity contribution in [2.45, 2.75) is 19.7 Å². The predicted molar refractivity (Wildman–Crippen MR) is 117 cm³/mol. The van der Waals surface area contributed by atoms with Crippen molar-refractivity contribution in [2.24, 2.45) is 0 Å². The molecule has 0 aliphatic carbocycles. The van der Waals surface area contributed by atoms with Gasteiger partial charge >= 0.3 is 0 Å². The van der Waals surface area contributed by atoms with Crippen molar-refractivity contribution < 1.29 is 9.13 Å². The Labute approximate surface area is 181 Å². The molecule has 0 bridgehead atoms. The maximum atomic E-state index is 12.9. The quantitative estimate of drug-likeness (QED) is 0.381. The Hall–Kier alpha value is -1.40. The van der Waals surface area contributed by atoms with Gasteiger partial charge in [-0.2, -0.15) is 0 Å². The summed E-state index contributed by atoms with van der Waals surface area (Å²) in [5.41, 5.74) is 3.29. The van der Waals surface area contributed by atoms with Gasteiger partial charge in [-0.1, -0.05) is 42.5 Å². The molecule has 0 spiro atoms. The second-order valence-electron chi connectivity index (χ2n) is 5.89. The number of hydrogen-bond acceptors (Lipinski definition) is 2. The highest BCUT2D eigenvalue weighted by molar-refractivity contribution is 9.11. The average Bonchev–Trinajstić information content (AvgIpc) is 2.63. The first-order chi connectivity index (χ1) is 12.6. The zero-order valence-corrected chi connectivity index (χ0v) is 18.4. The molecule has 0 aliphatic rings. The molecular weight excluding hydrogens is 496 g/mol. The van der Waals surface area contributed by atoms with E-state index in [0.717, 1.165) is 31.4 Å². The number of hydrogen-bond donors (Lipinski definition) is 1. The first-order valence-corrected chi connectivity index (χ1v) is 9.80. The largest absolute Gasteiger partial charge is 0.487 e. The molecule has 0 fully saturated rings. The van der Waals surface area contributed by atoms with Crippen LogP contribution in [0.4, 0.5) is 4.39 Å². The minimum atomic E-state index is -0.215. The van der Waals surface area contributed by atoms with Crippen molar-refractivity contribution in [3.05, 3.63) is 98.2 Å². The van der Waals surface area contributed by atoms with Crippen LogP contribution in [0.1, 0.15) is 16.7 Å². The Morgan fingerprint density at radius 1 is 0.778 bits per heavy atom. The van der Waals surface area contributed by atoms with E-state index in [9.17, 15) is 4.39 Å². The standard InChI is InChI=1S/C21H18Br2FNO.ClH/c22-19-10-17(13-25-12-15-6-8-18(24)9-7-15)11-20(23)21(19)26-14-16-4-2-1-3-5-16;/h1-11,25H,12-14H2;1H. The lowest BCUT2D eigenvalue weighted by atomic mass is 10.2. The van der Waals surface area contributed by atoms with Gasteiger partial charge < -0.3 is 10.1 Å². The summed E-state index contributed by atoms with van der Waals surface area (Å²) < 4.78 is 20.7. The molecular formula is C21H19Br2ClFNO. The van der Waals surface area contributed by atoms with E-state index in [2.05, 4.69) is 37.2 Å². The van der Waals surface area contributed by atoms with E-state index in [0.29, 0.717) is 19.7 Å². The number of nitrogens with one attached hydrogen (secondary N) is 1. The third-order valence-electron chi connectivity index (χ3n) is 3.86. The second-order valence-corrected chi connectivity index (χ2v) is 7.60. The van der Waals surface area contributed by atoms with Crippen molar-refractivity contribution in [2.75, 3.05) is 0 Å². The monoisotopic (exact) mass is 513 g/mol. The lowest BCUT2D eigenvalue weighted by Crippen LogP contribution is -2.12. The lowest BCUT2D eigenvalue weighted by molar-refractivity contribution is 0.302. The maximum Gasteiger partial charge on any atom is 0.148 e. The van der Waals surface area contributed by atoms with E-state index in [1.807, 2.05) is 42.5 Å². The van der Waals surface area contributed by atoms with Crippen molar-refractivity contribution in [1.29, 1.82) is 0 Å². The number of ether oxygens (including phenoxy) is 1. The Balaban J connectivity index is 0.00000261. The maximum absolute atomic E-state index is 12.9. The van der Waals surface area contributed by atoms with Gasteiger partial charge in [0.1, 0.15) is 18.2 Å². The molecule has 0 saturated carbocycles. The van der Waals surface area contributed by atoms with Crippen LogP contribution in [0.25, 0.3) is 0 Å². The van der Waals surface area contributed by atoms with Gasteiger partial charge in [0, 0.05) is 13.1 Å². The van der Waals surface area contributed by atoms with Crippen LogP contribution in [0.2, 0.25) is 0 Å². The molecule has 0 aromatic heterocycles. The summed E-state index contributed by atoms with van der Waals surface area (Å²) in [7, 11) is 0. The zero-order chi connectivity index (χ0) is 18.4. The highest BCUT2D eigenvalue weighted by atomic mass is 79.9. The van der Waals surface area contributed by atoms with Gasteiger partial charge in [0.15, 0.2) is 0 Å². The lowest BCUT2D eigenvalue weighted by Gasteiger charge is -2.13. The van der Waals surface area contributed by atoms with Crippen LogP contribution in [0.15, 0.2) is 75.7 Å². The number of halogens is 4. The normalized spacial score (nSPS) is 10.3. The van der Waals surface area contributed by atoms with Gasteiger partial charge in [-0.15, -0.1) is 12.4 Å². The summed E-state index contributed by atoms with van der Waals surface area (Å²) in [6, 6.07) is 20.7. The number of benzene rings is 3. The van der Waals surface area contributed by atoms with Crippen LogP contribution in [-0.4, -0.2) is 0 Å². The molecule has 0 atom stereocenters. The molecule has 0 amide bonds. The van der Waals surface area contributed by atoms with Gasteiger partial charge in [-0.25, -0.2) is 4.39 Å². The topological polar surface area (TPSA) is 21.3 Å². The van der Waals surface area contributed by atoms with Crippen molar-refractivity contribution in [3.8, 4) is 5.75 Å².